The number of nitrogens with two attached hydrogens (primary N) is 1. The maximum Gasteiger partial charge on any atom is 0.277 e. The molecule has 8 heteroatoms. The molecule has 0 aliphatic heterocycles. The van der Waals surface area contributed by atoms with Gasteiger partial charge in [-0.05, 0) is 56.5 Å². The number of benzene rings is 1. The molecule has 0 fully saturated rings. The molecule has 2 N–H and O–H groups in total. The molecule has 1 amide bonds. The van der Waals surface area contributed by atoms with Crippen molar-refractivity contribution in [3.63, 3.8) is 0 Å². The first-order valence-corrected chi connectivity index (χ1v) is 13.1. The molecular weight excluding hydrogens is 489 g/mol. The van der Waals surface area contributed by atoms with Gasteiger partial charge >= 0.3 is 0 Å². The number of hydrogen-bond donors (Lipinski definition) is 1. The molecule has 2 aromatic heterocycles. The summed E-state index contributed by atoms with van der Waals surface area (Å²) in [6.45, 7) is 11.8. The number of aryl methyl sites for hydroxylation is 1. The van der Waals surface area contributed by atoms with Gasteiger partial charge in [-0.2, -0.15) is 0 Å². The number of carbonyl (C=O) groups excluding carboxylic acids is 1. The summed E-state index contributed by atoms with van der Waals surface area (Å²) < 4.78 is 13.6. The number of aliphatic imine (C=N–C) groups is 1. The minimum Gasteiger partial charge on any atom is -0.397 e. The number of rotatable bonds is 9. The Bertz CT molecular complexity index is 1180. The zero-order valence-electron chi connectivity index (χ0n) is 22.3. The van der Waals surface area contributed by atoms with Crippen LogP contribution in [0, 0.1) is 18.7 Å². The third-order valence-corrected chi connectivity index (χ3v) is 5.96. The van der Waals surface area contributed by atoms with Crippen molar-refractivity contribution in [2.75, 3.05) is 23.7 Å². The molecule has 0 spiro atoms. The van der Waals surface area contributed by atoms with Crippen LogP contribution in [0.5, 0.6) is 0 Å². The van der Waals surface area contributed by atoms with E-state index in [2.05, 4.69) is 35.7 Å². The van der Waals surface area contributed by atoms with Crippen LogP contribution >= 0.6 is 11.6 Å². The molecule has 0 aliphatic rings. The Labute approximate surface area is 224 Å². The molecule has 0 aliphatic carbocycles. The molecule has 0 saturated carbocycles. The highest BCUT2D eigenvalue weighted by Crippen LogP contribution is 2.20. The van der Waals surface area contributed by atoms with E-state index in [4.69, 9.17) is 17.3 Å². The van der Waals surface area contributed by atoms with Crippen LogP contribution in [0.2, 0.25) is 5.02 Å². The number of carbonyl (C=O) groups is 1. The molecule has 3 aromatic rings. The Morgan fingerprint density at radius 2 is 1.76 bits per heavy atom. The van der Waals surface area contributed by atoms with Crippen molar-refractivity contribution in [1.82, 2.24) is 9.97 Å². The van der Waals surface area contributed by atoms with E-state index in [-0.39, 0.29) is 17.6 Å². The quantitative estimate of drug-likeness (QED) is 0.300. The van der Waals surface area contributed by atoms with Gasteiger partial charge in [-0.3, -0.25) is 9.78 Å². The van der Waals surface area contributed by atoms with Crippen LogP contribution in [0.15, 0.2) is 59.9 Å². The van der Waals surface area contributed by atoms with Crippen molar-refractivity contribution < 1.29 is 9.18 Å². The van der Waals surface area contributed by atoms with Crippen molar-refractivity contribution in [2.24, 2.45) is 10.9 Å². The average Bonchev–Trinajstić information content (AvgIpc) is 2.88. The van der Waals surface area contributed by atoms with Crippen LogP contribution in [-0.2, 0) is 0 Å². The maximum absolute atomic E-state index is 13.6. The molecule has 1 unspecified atom stereocenters. The van der Waals surface area contributed by atoms with E-state index in [1.54, 1.807) is 30.5 Å². The summed E-state index contributed by atoms with van der Waals surface area (Å²) in [5.74, 6) is -0.0977. The molecule has 0 saturated heterocycles. The lowest BCUT2D eigenvalue weighted by atomic mass is 9.98. The van der Waals surface area contributed by atoms with Crippen molar-refractivity contribution in [1.29, 1.82) is 0 Å². The van der Waals surface area contributed by atoms with Crippen molar-refractivity contribution in [3.05, 3.63) is 82.5 Å². The smallest absolute Gasteiger partial charge is 0.277 e. The standard InChI is InChI=1S/C18H21N3O.C11H16ClFN2/c1-4-13(3)16(17-15(19)6-5-11-20-17)21-18(22)14-9-7-12(2)8-10-14;1-3-5-15(6-4-2)11-10(13)7-9(12)8-14-11/h5-11,13H,4,19H2,1-3H3;7-8H,3-6H2,1-2H3. The number of halogens is 2. The van der Waals surface area contributed by atoms with Crippen molar-refractivity contribution in [3.8, 4) is 0 Å². The average molecular weight is 526 g/mol. The molecule has 37 heavy (non-hydrogen) atoms. The highest BCUT2D eigenvalue weighted by molar-refractivity contribution is 6.30. The van der Waals surface area contributed by atoms with Crippen LogP contribution in [-0.4, -0.2) is 34.7 Å². The summed E-state index contributed by atoms with van der Waals surface area (Å²) in [7, 11) is 0. The Morgan fingerprint density at radius 1 is 1.11 bits per heavy atom. The predicted molar refractivity (Wildman–Crippen MR) is 152 cm³/mol. The van der Waals surface area contributed by atoms with Gasteiger partial charge in [-0.25, -0.2) is 14.4 Å². The molecule has 0 bridgehead atoms. The lowest BCUT2D eigenvalue weighted by Gasteiger charge is -2.22. The molecule has 198 valence electrons. The topological polar surface area (TPSA) is 84.5 Å². The second-order valence-electron chi connectivity index (χ2n) is 8.86. The molecule has 3 rings (SSSR count). The fourth-order valence-corrected chi connectivity index (χ4v) is 3.74. The van der Waals surface area contributed by atoms with Crippen molar-refractivity contribution >= 4 is 34.7 Å². The number of nitrogens with zero attached hydrogens (tertiary/aromatic N) is 4. The van der Waals surface area contributed by atoms with Gasteiger partial charge in [0.15, 0.2) is 11.6 Å². The molecule has 1 aromatic carbocycles. The molecule has 0 radical (unpaired) electrons. The normalized spacial score (nSPS) is 11.9. The molecule has 1 atom stereocenters. The summed E-state index contributed by atoms with van der Waals surface area (Å²) in [6, 6.07) is 12.2. The van der Waals surface area contributed by atoms with Gasteiger partial charge in [0, 0.05) is 37.0 Å². The molecular formula is C29H37ClFN5O. The number of amides is 1. The molecule has 2 heterocycles. The van der Waals surface area contributed by atoms with Crippen LogP contribution < -0.4 is 10.6 Å². The van der Waals surface area contributed by atoms with Gasteiger partial charge in [0.25, 0.3) is 5.91 Å². The maximum atomic E-state index is 13.6. The Kier molecular flexibility index (Phi) is 12.2. The van der Waals surface area contributed by atoms with Crippen LogP contribution in [0.1, 0.15) is 68.6 Å². The van der Waals surface area contributed by atoms with E-state index in [1.165, 1.54) is 12.3 Å². The van der Waals surface area contributed by atoms with E-state index < -0.39 is 0 Å². The van der Waals surface area contributed by atoms with Crippen LogP contribution in [0.3, 0.4) is 0 Å². The number of hydrogen-bond acceptors (Lipinski definition) is 5. The third-order valence-electron chi connectivity index (χ3n) is 5.76. The van der Waals surface area contributed by atoms with Gasteiger partial charge < -0.3 is 10.6 Å². The Morgan fingerprint density at radius 3 is 2.30 bits per heavy atom. The summed E-state index contributed by atoms with van der Waals surface area (Å²) in [4.78, 5) is 27.0. The summed E-state index contributed by atoms with van der Waals surface area (Å²) in [6.07, 6.45) is 5.96. The first-order valence-electron chi connectivity index (χ1n) is 12.7. The minimum atomic E-state index is -0.343. The lowest BCUT2D eigenvalue weighted by molar-refractivity contribution is 0.100. The molecule has 6 nitrogen and oxygen atoms in total. The van der Waals surface area contributed by atoms with E-state index >= 15 is 0 Å². The fourth-order valence-electron chi connectivity index (χ4n) is 3.60. The second-order valence-corrected chi connectivity index (χ2v) is 9.30. The zero-order chi connectivity index (χ0) is 27.4. The minimum absolute atomic E-state index is 0.103. The van der Waals surface area contributed by atoms with E-state index in [1.807, 2.05) is 30.9 Å². The van der Waals surface area contributed by atoms with Gasteiger partial charge in [0.1, 0.15) is 5.69 Å². The van der Waals surface area contributed by atoms with Gasteiger partial charge in [0.05, 0.1) is 16.4 Å². The van der Waals surface area contributed by atoms with Gasteiger partial charge in [0.2, 0.25) is 0 Å². The van der Waals surface area contributed by atoms with E-state index in [0.717, 1.165) is 37.9 Å². The van der Waals surface area contributed by atoms with Gasteiger partial charge in [-0.1, -0.05) is 57.0 Å². The largest absolute Gasteiger partial charge is 0.397 e. The summed E-state index contributed by atoms with van der Waals surface area (Å²) in [5.41, 5.74) is 9.45. The highest BCUT2D eigenvalue weighted by Gasteiger charge is 2.18. The number of aromatic nitrogens is 2. The predicted octanol–water partition coefficient (Wildman–Crippen LogP) is 7.15. The third kappa shape index (κ3) is 8.93. The second kappa shape index (κ2) is 15.1. The number of pyridine rings is 2. The zero-order valence-corrected chi connectivity index (χ0v) is 23.1. The number of anilines is 2. The first kappa shape index (κ1) is 29.9. The monoisotopic (exact) mass is 525 g/mol. The van der Waals surface area contributed by atoms with Crippen molar-refractivity contribution in [2.45, 2.75) is 53.9 Å². The van der Waals surface area contributed by atoms with Crippen LogP contribution in [0.25, 0.3) is 0 Å². The van der Waals surface area contributed by atoms with Gasteiger partial charge in [-0.15, -0.1) is 0 Å². The number of nitrogen functional groups attached to an aromatic ring is 1. The SMILES string of the molecule is CCC(C)C(=NC(=O)c1ccc(C)cc1)c1ncccc1N.CCCN(CCC)c1ncc(Cl)cc1F. The Balaban J connectivity index is 0.000000281. The summed E-state index contributed by atoms with van der Waals surface area (Å²) >= 11 is 5.65. The fraction of sp³-hybridized carbons (Fsp3) is 0.379. The van der Waals surface area contributed by atoms with E-state index in [9.17, 15) is 9.18 Å². The first-order chi connectivity index (χ1) is 17.7. The van der Waals surface area contributed by atoms with E-state index in [0.29, 0.717) is 33.5 Å². The summed E-state index contributed by atoms with van der Waals surface area (Å²) in [5, 5.41) is 0.337. The van der Waals surface area contributed by atoms with Crippen LogP contribution in [0.4, 0.5) is 15.9 Å². The lowest BCUT2D eigenvalue weighted by Crippen LogP contribution is -2.26. The Hall–Kier alpha value is -3.32. The highest BCUT2D eigenvalue weighted by atomic mass is 35.5.